The lowest BCUT2D eigenvalue weighted by atomic mass is 9.99. The lowest BCUT2D eigenvalue weighted by Gasteiger charge is -2.32. The van der Waals surface area contributed by atoms with Crippen molar-refractivity contribution in [2.75, 3.05) is 26.2 Å². The molecule has 19 heavy (non-hydrogen) atoms. The monoisotopic (exact) mass is 266 g/mol. The van der Waals surface area contributed by atoms with Crippen LogP contribution in [-0.2, 0) is 9.53 Å². The molecule has 2 aliphatic heterocycles. The molecule has 1 saturated carbocycles. The van der Waals surface area contributed by atoms with E-state index in [9.17, 15) is 4.79 Å². The summed E-state index contributed by atoms with van der Waals surface area (Å²) >= 11 is 0. The Morgan fingerprint density at radius 2 is 2.16 bits per heavy atom. The molecule has 1 aliphatic carbocycles. The zero-order valence-corrected chi connectivity index (χ0v) is 12.1. The van der Waals surface area contributed by atoms with Gasteiger partial charge in [-0.15, -0.1) is 0 Å². The van der Waals surface area contributed by atoms with E-state index in [0.717, 1.165) is 32.0 Å². The maximum Gasteiger partial charge on any atom is 0.225 e. The van der Waals surface area contributed by atoms with Crippen LogP contribution in [0.5, 0.6) is 0 Å². The van der Waals surface area contributed by atoms with Gasteiger partial charge >= 0.3 is 0 Å². The summed E-state index contributed by atoms with van der Waals surface area (Å²) in [6.45, 7) is 8.23. The Morgan fingerprint density at radius 1 is 1.37 bits per heavy atom. The second-order valence-corrected chi connectivity index (χ2v) is 6.94. The summed E-state index contributed by atoms with van der Waals surface area (Å²) in [5, 5.41) is 3.07. The first-order valence-electron chi connectivity index (χ1n) is 7.77. The van der Waals surface area contributed by atoms with Gasteiger partial charge in [-0.1, -0.05) is 13.8 Å². The molecule has 3 aliphatic rings. The van der Waals surface area contributed by atoms with Gasteiger partial charge in [-0.25, -0.2) is 0 Å². The zero-order chi connectivity index (χ0) is 13.4. The molecule has 3 atom stereocenters. The summed E-state index contributed by atoms with van der Waals surface area (Å²) in [5.41, 5.74) is 0. The van der Waals surface area contributed by atoms with Gasteiger partial charge in [-0.2, -0.15) is 0 Å². The maximum absolute atomic E-state index is 12.2. The number of fused-ring (bicyclic) bond motifs is 2. The Hall–Kier alpha value is -0.610. The number of morpholine rings is 1. The number of carbonyl (C=O) groups is 1. The van der Waals surface area contributed by atoms with E-state index in [1.165, 1.54) is 19.4 Å². The molecule has 0 spiro atoms. The molecule has 3 rings (SSSR count). The highest BCUT2D eigenvalue weighted by Gasteiger charge is 2.45. The van der Waals surface area contributed by atoms with Gasteiger partial charge in [0.05, 0.1) is 18.1 Å². The number of hydrogen-bond acceptors (Lipinski definition) is 3. The molecular weight excluding hydrogens is 240 g/mol. The SMILES string of the molecule is CC(C)CNC(=O)[C@H]1C[C@H]2CN(CC3CC3)C[C@H]1O2. The van der Waals surface area contributed by atoms with E-state index in [4.69, 9.17) is 4.74 Å². The van der Waals surface area contributed by atoms with E-state index in [2.05, 4.69) is 24.1 Å². The van der Waals surface area contributed by atoms with Gasteiger partial charge < -0.3 is 10.1 Å². The van der Waals surface area contributed by atoms with Crippen LogP contribution in [0.3, 0.4) is 0 Å². The number of rotatable bonds is 5. The Morgan fingerprint density at radius 3 is 2.84 bits per heavy atom. The lowest BCUT2D eigenvalue weighted by Crippen LogP contribution is -2.46. The molecule has 1 N–H and O–H groups in total. The van der Waals surface area contributed by atoms with E-state index in [0.29, 0.717) is 5.92 Å². The number of ether oxygens (including phenoxy) is 1. The van der Waals surface area contributed by atoms with Crippen LogP contribution >= 0.6 is 0 Å². The summed E-state index contributed by atoms with van der Waals surface area (Å²) < 4.78 is 5.97. The molecule has 0 aromatic heterocycles. The zero-order valence-electron chi connectivity index (χ0n) is 12.1. The number of likely N-dealkylation sites (tertiary alicyclic amines) is 1. The van der Waals surface area contributed by atoms with Crippen LogP contribution in [-0.4, -0.2) is 49.2 Å². The lowest BCUT2D eigenvalue weighted by molar-refractivity contribution is -0.128. The number of nitrogens with zero attached hydrogens (tertiary/aromatic N) is 1. The quantitative estimate of drug-likeness (QED) is 0.814. The molecule has 108 valence electrons. The molecule has 2 heterocycles. The van der Waals surface area contributed by atoms with Gasteiger partial charge in [0, 0.05) is 26.2 Å². The standard InChI is InChI=1S/C15H26N2O2/c1-10(2)6-16-15(18)13-5-12-8-17(7-11-3-4-11)9-14(13)19-12/h10-14H,3-9H2,1-2H3,(H,16,18)/t12-,13-,14+/m0/s1. The van der Waals surface area contributed by atoms with Crippen molar-refractivity contribution in [3.63, 3.8) is 0 Å². The molecule has 0 aromatic carbocycles. The van der Waals surface area contributed by atoms with Crippen molar-refractivity contribution >= 4 is 5.91 Å². The minimum absolute atomic E-state index is 0.0768. The van der Waals surface area contributed by atoms with Crippen LogP contribution in [0, 0.1) is 17.8 Å². The highest BCUT2D eigenvalue weighted by molar-refractivity contribution is 5.79. The Bertz CT molecular complexity index is 341. The number of hydrogen-bond donors (Lipinski definition) is 1. The molecule has 4 nitrogen and oxygen atoms in total. The van der Waals surface area contributed by atoms with Gasteiger partial charge in [0.15, 0.2) is 0 Å². The van der Waals surface area contributed by atoms with Crippen molar-refractivity contribution < 1.29 is 9.53 Å². The fourth-order valence-electron chi connectivity index (χ4n) is 3.26. The van der Waals surface area contributed by atoms with Crippen LogP contribution in [0.4, 0.5) is 0 Å². The minimum atomic E-state index is 0.0768. The smallest absolute Gasteiger partial charge is 0.225 e. The van der Waals surface area contributed by atoms with Crippen LogP contribution in [0.1, 0.15) is 33.1 Å². The minimum Gasteiger partial charge on any atom is -0.371 e. The average molecular weight is 266 g/mol. The first-order chi connectivity index (χ1) is 9.11. The summed E-state index contributed by atoms with van der Waals surface area (Å²) in [7, 11) is 0. The van der Waals surface area contributed by atoms with Gasteiger partial charge in [-0.3, -0.25) is 9.69 Å². The van der Waals surface area contributed by atoms with Crippen molar-refractivity contribution in [3.05, 3.63) is 0 Å². The third-order valence-electron chi connectivity index (χ3n) is 4.47. The van der Waals surface area contributed by atoms with E-state index in [-0.39, 0.29) is 24.0 Å². The first kappa shape index (κ1) is 13.4. The van der Waals surface area contributed by atoms with Crippen molar-refractivity contribution in [1.29, 1.82) is 0 Å². The molecule has 2 saturated heterocycles. The molecule has 3 fully saturated rings. The molecule has 1 amide bonds. The number of nitrogens with one attached hydrogen (secondary N) is 1. The first-order valence-corrected chi connectivity index (χ1v) is 7.77. The predicted octanol–water partition coefficient (Wildman–Crippen LogP) is 1.26. The topological polar surface area (TPSA) is 41.6 Å². The average Bonchev–Trinajstić information content (AvgIpc) is 3.11. The van der Waals surface area contributed by atoms with Gasteiger partial charge in [-0.05, 0) is 31.1 Å². The maximum atomic E-state index is 12.2. The van der Waals surface area contributed by atoms with E-state index in [1.807, 2.05) is 0 Å². The van der Waals surface area contributed by atoms with Gasteiger partial charge in [0.2, 0.25) is 5.91 Å². The van der Waals surface area contributed by atoms with Gasteiger partial charge in [0.25, 0.3) is 0 Å². The van der Waals surface area contributed by atoms with Crippen LogP contribution in [0.25, 0.3) is 0 Å². The van der Waals surface area contributed by atoms with Gasteiger partial charge in [0.1, 0.15) is 0 Å². The Kier molecular flexibility index (Phi) is 3.81. The summed E-state index contributed by atoms with van der Waals surface area (Å²) in [4.78, 5) is 14.7. The molecule has 0 radical (unpaired) electrons. The molecule has 0 aromatic rings. The third kappa shape index (κ3) is 3.29. The van der Waals surface area contributed by atoms with E-state index < -0.39 is 0 Å². The van der Waals surface area contributed by atoms with Crippen molar-refractivity contribution in [3.8, 4) is 0 Å². The van der Waals surface area contributed by atoms with E-state index in [1.54, 1.807) is 0 Å². The Balaban J connectivity index is 1.52. The fourth-order valence-corrected chi connectivity index (χ4v) is 3.26. The largest absolute Gasteiger partial charge is 0.371 e. The highest BCUT2D eigenvalue weighted by atomic mass is 16.5. The van der Waals surface area contributed by atoms with E-state index >= 15 is 0 Å². The summed E-state index contributed by atoms with van der Waals surface area (Å²) in [6, 6.07) is 0. The summed E-state index contributed by atoms with van der Waals surface area (Å²) in [6.07, 6.45) is 4.11. The second-order valence-electron chi connectivity index (χ2n) is 6.94. The van der Waals surface area contributed by atoms with Crippen molar-refractivity contribution in [2.45, 2.75) is 45.3 Å². The third-order valence-corrected chi connectivity index (χ3v) is 4.47. The molecule has 0 unspecified atom stereocenters. The summed E-state index contributed by atoms with van der Waals surface area (Å²) in [5.74, 6) is 1.71. The number of carbonyl (C=O) groups excluding carboxylic acids is 1. The van der Waals surface area contributed by atoms with Crippen molar-refractivity contribution in [1.82, 2.24) is 10.2 Å². The van der Waals surface area contributed by atoms with Crippen LogP contribution in [0.15, 0.2) is 0 Å². The second kappa shape index (κ2) is 5.41. The van der Waals surface area contributed by atoms with Crippen LogP contribution < -0.4 is 5.32 Å². The van der Waals surface area contributed by atoms with Crippen molar-refractivity contribution in [2.24, 2.45) is 17.8 Å². The number of amides is 1. The molecular formula is C15H26N2O2. The Labute approximate surface area is 115 Å². The van der Waals surface area contributed by atoms with Crippen LogP contribution in [0.2, 0.25) is 0 Å². The molecule has 4 heteroatoms. The molecule has 2 bridgehead atoms. The fraction of sp³-hybridized carbons (Fsp3) is 0.933. The highest BCUT2D eigenvalue weighted by Crippen LogP contribution is 2.35. The predicted molar refractivity (Wildman–Crippen MR) is 73.8 cm³/mol. The normalized spacial score (nSPS) is 34.8.